The predicted octanol–water partition coefficient (Wildman–Crippen LogP) is 3.42. The van der Waals surface area contributed by atoms with Gasteiger partial charge in [0.15, 0.2) is 0 Å². The van der Waals surface area contributed by atoms with Crippen LogP contribution in [0, 0.1) is 0 Å². The van der Waals surface area contributed by atoms with Crippen LogP contribution in [-0.4, -0.2) is 34.9 Å². The molecule has 1 amide bonds. The molecule has 1 aromatic carbocycles. The van der Waals surface area contributed by atoms with Crippen LogP contribution in [0.2, 0.25) is 5.02 Å². The summed E-state index contributed by atoms with van der Waals surface area (Å²) in [6, 6.07) is 7.67. The molecular weight excluding hydrogens is 318 g/mol. The molecule has 1 atom stereocenters. The molecule has 0 spiro atoms. The number of nitrogens with two attached hydrogens (primary N) is 1. The van der Waals surface area contributed by atoms with Crippen LogP contribution in [0.3, 0.4) is 0 Å². The van der Waals surface area contributed by atoms with E-state index in [2.05, 4.69) is 4.98 Å². The molecule has 2 aromatic rings. The van der Waals surface area contributed by atoms with Crippen LogP contribution in [0.15, 0.2) is 29.6 Å². The summed E-state index contributed by atoms with van der Waals surface area (Å²) in [5.41, 5.74) is 7.15. The lowest BCUT2D eigenvalue weighted by molar-refractivity contribution is 0.0618. The first kappa shape index (κ1) is 15.5. The number of carbonyl (C=O) groups excluding carboxylic acids is 1. The largest absolute Gasteiger partial charge is 0.333 e. The Morgan fingerprint density at radius 2 is 2.23 bits per heavy atom. The van der Waals surface area contributed by atoms with Gasteiger partial charge in [0, 0.05) is 30.1 Å². The minimum Gasteiger partial charge on any atom is -0.333 e. The van der Waals surface area contributed by atoms with Gasteiger partial charge >= 0.3 is 0 Å². The number of halogens is 1. The van der Waals surface area contributed by atoms with Crippen molar-refractivity contribution in [3.63, 3.8) is 0 Å². The van der Waals surface area contributed by atoms with Crippen molar-refractivity contribution in [2.75, 3.05) is 13.1 Å². The topological polar surface area (TPSA) is 59.2 Å². The third kappa shape index (κ3) is 3.02. The smallest absolute Gasteiger partial charge is 0.273 e. The van der Waals surface area contributed by atoms with Crippen molar-refractivity contribution in [2.24, 2.45) is 5.73 Å². The highest BCUT2D eigenvalue weighted by Crippen LogP contribution is 2.30. The summed E-state index contributed by atoms with van der Waals surface area (Å²) in [5, 5.41) is 3.23. The van der Waals surface area contributed by atoms with Crippen molar-refractivity contribution >= 4 is 28.8 Å². The standard InChI is InChI=1S/C16H18ClN3OS/c17-13-7-2-1-6-12(13)15-19-14(10-22-15)16(21)20-8-4-3-5-11(20)9-18/h1-2,6-7,10-11H,3-5,8-9,18H2. The van der Waals surface area contributed by atoms with Gasteiger partial charge in [-0.1, -0.05) is 29.8 Å². The predicted molar refractivity (Wildman–Crippen MR) is 90.3 cm³/mol. The fourth-order valence-corrected chi connectivity index (χ4v) is 3.90. The molecule has 22 heavy (non-hydrogen) atoms. The molecule has 3 rings (SSSR count). The molecule has 0 bridgehead atoms. The van der Waals surface area contributed by atoms with Crippen LogP contribution >= 0.6 is 22.9 Å². The summed E-state index contributed by atoms with van der Waals surface area (Å²) in [4.78, 5) is 19.0. The molecule has 1 aliphatic rings. The van der Waals surface area contributed by atoms with E-state index in [1.54, 1.807) is 0 Å². The van der Waals surface area contributed by atoms with Crippen molar-refractivity contribution in [1.82, 2.24) is 9.88 Å². The van der Waals surface area contributed by atoms with Gasteiger partial charge < -0.3 is 10.6 Å². The van der Waals surface area contributed by atoms with Crippen LogP contribution in [0.4, 0.5) is 0 Å². The highest BCUT2D eigenvalue weighted by atomic mass is 35.5. The number of nitrogens with zero attached hydrogens (tertiary/aromatic N) is 2. The number of benzene rings is 1. The van der Waals surface area contributed by atoms with Gasteiger partial charge in [0.2, 0.25) is 0 Å². The first-order valence-corrected chi connectivity index (χ1v) is 8.68. The number of rotatable bonds is 3. The molecule has 1 unspecified atom stereocenters. The van der Waals surface area contributed by atoms with Gasteiger partial charge in [0.25, 0.3) is 5.91 Å². The number of piperidine rings is 1. The molecule has 2 N–H and O–H groups in total. The molecular formula is C16H18ClN3OS. The molecule has 116 valence electrons. The average molecular weight is 336 g/mol. The van der Waals surface area contributed by atoms with Gasteiger partial charge in [0.05, 0.1) is 5.02 Å². The van der Waals surface area contributed by atoms with Crippen molar-refractivity contribution in [2.45, 2.75) is 25.3 Å². The minimum atomic E-state index is -0.0234. The van der Waals surface area contributed by atoms with E-state index < -0.39 is 0 Å². The Morgan fingerprint density at radius 3 is 3.00 bits per heavy atom. The molecule has 4 nitrogen and oxygen atoms in total. The van der Waals surface area contributed by atoms with E-state index in [1.807, 2.05) is 34.5 Å². The van der Waals surface area contributed by atoms with Crippen LogP contribution in [0.5, 0.6) is 0 Å². The number of hydrogen-bond donors (Lipinski definition) is 1. The van der Waals surface area contributed by atoms with E-state index >= 15 is 0 Å². The Balaban J connectivity index is 1.84. The van der Waals surface area contributed by atoms with E-state index in [9.17, 15) is 4.79 Å². The fourth-order valence-electron chi connectivity index (χ4n) is 2.79. The maximum Gasteiger partial charge on any atom is 0.273 e. The molecule has 0 radical (unpaired) electrons. The van der Waals surface area contributed by atoms with E-state index in [4.69, 9.17) is 17.3 Å². The molecule has 1 aliphatic heterocycles. The molecule has 2 heterocycles. The first-order valence-electron chi connectivity index (χ1n) is 7.42. The lowest BCUT2D eigenvalue weighted by atomic mass is 10.0. The molecule has 0 saturated carbocycles. The maximum absolute atomic E-state index is 12.7. The summed E-state index contributed by atoms with van der Waals surface area (Å²) < 4.78 is 0. The van der Waals surface area contributed by atoms with Crippen LogP contribution < -0.4 is 5.73 Å². The number of thiazole rings is 1. The fraction of sp³-hybridized carbons (Fsp3) is 0.375. The molecule has 0 aliphatic carbocycles. The van der Waals surface area contributed by atoms with Gasteiger partial charge in [0.1, 0.15) is 10.7 Å². The monoisotopic (exact) mass is 335 g/mol. The van der Waals surface area contributed by atoms with Crippen LogP contribution in [0.1, 0.15) is 29.8 Å². The van der Waals surface area contributed by atoms with Gasteiger partial charge in [-0.15, -0.1) is 11.3 Å². The van der Waals surface area contributed by atoms with Crippen molar-refractivity contribution < 1.29 is 4.79 Å². The van der Waals surface area contributed by atoms with Gasteiger partial charge in [-0.2, -0.15) is 0 Å². The zero-order valence-corrected chi connectivity index (χ0v) is 13.7. The van der Waals surface area contributed by atoms with E-state index in [0.717, 1.165) is 36.4 Å². The van der Waals surface area contributed by atoms with Crippen LogP contribution in [-0.2, 0) is 0 Å². The Hall–Kier alpha value is -1.43. The maximum atomic E-state index is 12.7. The lowest BCUT2D eigenvalue weighted by Crippen LogP contribution is -2.47. The Bertz CT molecular complexity index is 673. The zero-order valence-electron chi connectivity index (χ0n) is 12.2. The first-order chi connectivity index (χ1) is 10.7. The quantitative estimate of drug-likeness (QED) is 0.935. The van der Waals surface area contributed by atoms with Crippen molar-refractivity contribution in [3.05, 3.63) is 40.4 Å². The highest BCUT2D eigenvalue weighted by Gasteiger charge is 2.28. The van der Waals surface area contributed by atoms with E-state index in [0.29, 0.717) is 17.3 Å². The Morgan fingerprint density at radius 1 is 1.41 bits per heavy atom. The number of carbonyl (C=O) groups is 1. The second-order valence-corrected chi connectivity index (χ2v) is 6.67. The Labute approximate surface area is 138 Å². The lowest BCUT2D eigenvalue weighted by Gasteiger charge is -2.34. The van der Waals surface area contributed by atoms with Gasteiger partial charge in [-0.05, 0) is 25.3 Å². The summed E-state index contributed by atoms with van der Waals surface area (Å²) in [5.74, 6) is -0.0234. The minimum absolute atomic E-state index is 0.0234. The molecule has 1 aromatic heterocycles. The van der Waals surface area contributed by atoms with Crippen LogP contribution in [0.25, 0.3) is 10.6 Å². The molecule has 6 heteroatoms. The average Bonchev–Trinajstić information content (AvgIpc) is 3.04. The summed E-state index contributed by atoms with van der Waals surface area (Å²) >= 11 is 7.64. The number of likely N-dealkylation sites (tertiary alicyclic amines) is 1. The number of amides is 1. The van der Waals surface area contributed by atoms with Crippen molar-refractivity contribution in [1.29, 1.82) is 0 Å². The summed E-state index contributed by atoms with van der Waals surface area (Å²) in [7, 11) is 0. The van der Waals surface area contributed by atoms with Gasteiger partial charge in [-0.25, -0.2) is 4.98 Å². The highest BCUT2D eigenvalue weighted by molar-refractivity contribution is 7.13. The van der Waals surface area contributed by atoms with Gasteiger partial charge in [-0.3, -0.25) is 4.79 Å². The SMILES string of the molecule is NCC1CCCCN1C(=O)c1csc(-c2ccccc2Cl)n1. The second-order valence-electron chi connectivity index (χ2n) is 5.40. The zero-order chi connectivity index (χ0) is 15.5. The normalized spacial score (nSPS) is 18.5. The Kier molecular flexibility index (Phi) is 4.76. The summed E-state index contributed by atoms with van der Waals surface area (Å²) in [6.45, 7) is 1.27. The molecule has 1 fully saturated rings. The third-order valence-electron chi connectivity index (χ3n) is 3.99. The number of hydrogen-bond acceptors (Lipinski definition) is 4. The third-order valence-corrected chi connectivity index (χ3v) is 5.19. The van der Waals surface area contributed by atoms with E-state index in [-0.39, 0.29) is 11.9 Å². The van der Waals surface area contributed by atoms with E-state index in [1.165, 1.54) is 11.3 Å². The number of aromatic nitrogens is 1. The second kappa shape index (κ2) is 6.77. The molecule has 1 saturated heterocycles. The summed E-state index contributed by atoms with van der Waals surface area (Å²) in [6.07, 6.45) is 3.14. The van der Waals surface area contributed by atoms with Crippen molar-refractivity contribution in [3.8, 4) is 10.6 Å².